The maximum absolute atomic E-state index is 12.0. The smallest absolute Gasteiger partial charge is 0.334 e. The number of cyclic esters (lactones) is 2. The van der Waals surface area contributed by atoms with Gasteiger partial charge >= 0.3 is 11.9 Å². The van der Waals surface area contributed by atoms with E-state index in [0.717, 1.165) is 49.5 Å². The van der Waals surface area contributed by atoms with Gasteiger partial charge in [0.1, 0.15) is 30.5 Å². The van der Waals surface area contributed by atoms with E-state index in [-0.39, 0.29) is 86.1 Å². The summed E-state index contributed by atoms with van der Waals surface area (Å²) >= 11 is 3.59. The average Bonchev–Trinajstić information content (AvgIpc) is 1.62. The zero-order valence-corrected chi connectivity index (χ0v) is 71.0. The van der Waals surface area contributed by atoms with Gasteiger partial charge in [0.15, 0.2) is 25.0 Å². The summed E-state index contributed by atoms with van der Waals surface area (Å²) in [6.07, 6.45) is 25.0. The van der Waals surface area contributed by atoms with E-state index in [4.69, 9.17) is 43.8 Å². The predicted octanol–water partition coefficient (Wildman–Crippen LogP) is 20.2. The highest BCUT2D eigenvalue weighted by molar-refractivity contribution is 9.11. The van der Waals surface area contributed by atoms with Gasteiger partial charge in [0.2, 0.25) is 0 Å². The first kappa shape index (κ1) is 90.6. The van der Waals surface area contributed by atoms with Gasteiger partial charge in [0.25, 0.3) is 0 Å². The first-order chi connectivity index (χ1) is 45.4. The SMILES string of the molecule is C#CC[C@@H](O[Si](C)(C)C(C)(C)C)[C@H](OCCCO[Si](C)(C)C(C)(C)C)[C@@H](C=C)O[Si](C)(C)C(C)(C)C.C=C1/C(=C\C=C2/CCC[C@]3(C)[C@@H]([C@H](C)C[C@H]4OC(=O)C(=C)[C@@H]4C)CC[C@@H]23)C[C@@H](O)[C@H](OCCCO)[C@@H]1O.C=C1C(=O)O[C@H](C[C@@H](C)[C@H]2CC[C@H]3/C(=C/Br)CCC[C@]23C)[C@H]1C.CC.F. The highest BCUT2D eigenvalue weighted by Gasteiger charge is 2.54. The summed E-state index contributed by atoms with van der Waals surface area (Å²) in [7, 11) is -5.97. The number of aliphatic hydroxyl groups excluding tert-OH is 3. The lowest BCUT2D eigenvalue weighted by Gasteiger charge is -2.45. The van der Waals surface area contributed by atoms with E-state index in [1.54, 1.807) is 5.57 Å². The Hall–Kier alpha value is -2.58. The van der Waals surface area contributed by atoms with Crippen LogP contribution >= 0.6 is 15.9 Å². The van der Waals surface area contributed by atoms with Gasteiger partial charge in [0, 0.05) is 62.3 Å². The first-order valence-electron chi connectivity index (χ1n) is 37.8. The monoisotopic (exact) mass is 1500 g/mol. The molecule has 0 aromatic heterocycles. The summed E-state index contributed by atoms with van der Waals surface area (Å²) in [5.74, 6) is 6.30. The van der Waals surface area contributed by atoms with Crippen molar-refractivity contribution in [1.29, 1.82) is 0 Å². The van der Waals surface area contributed by atoms with Crippen LogP contribution in [-0.2, 0) is 41.8 Å². The Balaban J connectivity index is 0.000000389. The second kappa shape index (κ2) is 38.1. The Morgan fingerprint density at radius 1 is 0.697 bits per heavy atom. The first-order valence-corrected chi connectivity index (χ1v) is 47.5. The Labute approximate surface area is 614 Å². The van der Waals surface area contributed by atoms with Crippen molar-refractivity contribution in [2.24, 2.45) is 58.2 Å². The molecular weight excluding hydrogens is 1360 g/mol. The molecule has 0 aromatic carbocycles. The molecule has 18 atom stereocenters. The van der Waals surface area contributed by atoms with Gasteiger partial charge in [0.05, 0.1) is 18.3 Å². The molecule has 5 saturated carbocycles. The van der Waals surface area contributed by atoms with Gasteiger partial charge in [-0.1, -0.05) is 183 Å². The fraction of sp³-hybridized carbons (Fsp3) is 0.780. The van der Waals surface area contributed by atoms with E-state index >= 15 is 0 Å². The van der Waals surface area contributed by atoms with Crippen molar-refractivity contribution in [2.75, 3.05) is 26.4 Å². The molecule has 0 spiro atoms. The van der Waals surface area contributed by atoms with Crippen molar-refractivity contribution in [3.63, 3.8) is 0 Å². The van der Waals surface area contributed by atoms with Gasteiger partial charge in [-0.3, -0.25) is 4.70 Å². The molecule has 12 nitrogen and oxygen atoms in total. The summed E-state index contributed by atoms with van der Waals surface area (Å²) < 4.78 is 43.5. The third-order valence-corrected chi connectivity index (χ3v) is 39.8. The van der Waals surface area contributed by atoms with Crippen LogP contribution in [-0.4, -0.2) is 127 Å². The maximum Gasteiger partial charge on any atom is 0.334 e. The topological polar surface area (TPSA) is 159 Å². The van der Waals surface area contributed by atoms with Gasteiger partial charge in [-0.2, -0.15) is 0 Å². The maximum atomic E-state index is 12.0. The third kappa shape index (κ3) is 22.5. The number of hydrogen-bond acceptors (Lipinski definition) is 12. The molecule has 2 saturated heterocycles. The number of carbonyl (C=O) groups is 2. The lowest BCUT2D eigenvalue weighted by atomic mass is 9.60. The summed E-state index contributed by atoms with van der Waals surface area (Å²) in [5, 5.41) is 30.7. The number of hydrogen-bond donors (Lipinski definition) is 3. The van der Waals surface area contributed by atoms with Gasteiger partial charge in [-0.15, -0.1) is 18.9 Å². The van der Waals surface area contributed by atoms with E-state index in [9.17, 15) is 19.8 Å². The number of halogens is 2. The summed E-state index contributed by atoms with van der Waals surface area (Å²) in [6.45, 7) is 69.3. The van der Waals surface area contributed by atoms with Crippen molar-refractivity contribution >= 4 is 52.8 Å². The van der Waals surface area contributed by atoms with Crippen LogP contribution in [0.3, 0.4) is 0 Å². The minimum absolute atomic E-state index is 0. The van der Waals surface area contributed by atoms with Crippen LogP contribution in [0, 0.1) is 70.5 Å². The van der Waals surface area contributed by atoms with E-state index in [1.807, 2.05) is 19.9 Å². The molecule has 0 radical (unpaired) electrons. The second-order valence-corrected chi connectivity index (χ2v) is 49.9. The number of terminal acetylenes is 1. The zero-order valence-electron chi connectivity index (χ0n) is 66.4. The number of ether oxygens (including phenoxy) is 4. The molecule has 3 N–H and O–H groups in total. The number of allylic oxidation sites excluding steroid dienone is 4. The molecular formula is C82H142BrFO12Si3. The lowest BCUT2D eigenvalue weighted by Crippen LogP contribution is -2.53. The molecule has 2 heterocycles. The van der Waals surface area contributed by atoms with Crippen LogP contribution in [0.25, 0.3) is 0 Å². The fourth-order valence-corrected chi connectivity index (χ4v) is 20.4. The zero-order chi connectivity index (χ0) is 74.5. The normalized spacial score (nSPS) is 31.8. The number of carbonyl (C=O) groups excluding carboxylic acids is 2. The molecule has 568 valence electrons. The summed E-state index contributed by atoms with van der Waals surface area (Å²) in [5.41, 5.74) is 6.45. The Morgan fingerprint density at radius 3 is 1.59 bits per heavy atom. The molecule has 0 aromatic rings. The van der Waals surface area contributed by atoms with Crippen LogP contribution in [0.4, 0.5) is 4.70 Å². The molecule has 7 rings (SSSR count). The van der Waals surface area contributed by atoms with Crippen LogP contribution in [0.1, 0.15) is 220 Å². The molecule has 7 aliphatic rings. The molecule has 0 amide bonds. The third-order valence-electron chi connectivity index (χ3n) is 25.7. The highest BCUT2D eigenvalue weighted by atomic mass is 79.9. The van der Waals surface area contributed by atoms with Gasteiger partial charge in [-0.05, 0) is 207 Å². The van der Waals surface area contributed by atoms with Crippen LogP contribution in [0.15, 0.2) is 83.0 Å². The largest absolute Gasteiger partial charge is 0.458 e. The molecule has 5 aliphatic carbocycles. The molecule has 99 heavy (non-hydrogen) atoms. The Kier molecular flexibility index (Phi) is 34.9. The quantitative estimate of drug-likeness (QED) is 0.0199. The van der Waals surface area contributed by atoms with Gasteiger partial charge < -0.3 is 47.5 Å². The van der Waals surface area contributed by atoms with Crippen molar-refractivity contribution in [1.82, 2.24) is 0 Å². The van der Waals surface area contributed by atoms with E-state index in [1.165, 1.54) is 56.9 Å². The molecule has 17 heteroatoms. The van der Waals surface area contributed by atoms with Crippen molar-refractivity contribution < 1.29 is 61.8 Å². The number of fused-ring (bicyclic) bond motifs is 2. The average molecular weight is 1500 g/mol. The fourth-order valence-electron chi connectivity index (χ4n) is 16.2. The predicted molar refractivity (Wildman–Crippen MR) is 420 cm³/mol. The van der Waals surface area contributed by atoms with E-state index in [0.29, 0.717) is 84.9 Å². The van der Waals surface area contributed by atoms with Crippen LogP contribution in [0.5, 0.6) is 0 Å². The number of esters is 2. The minimum Gasteiger partial charge on any atom is -0.458 e. The lowest BCUT2D eigenvalue weighted by molar-refractivity contribution is -0.141. The van der Waals surface area contributed by atoms with Gasteiger partial charge in [-0.25, -0.2) is 9.59 Å². The standard InChI is InChI=1S/C31H46O6.C29H60O4Si3.C20H29BrO2.C2H6.FH/c1-18(16-27-19(2)20(3)30(35)37-27)24-11-12-25-22(8-6-13-31(24,25)5)9-10-23-17-26(33)29(28(34)21(23)4)36-15-7-14-32;1-18-21-25(33-36(16,17)29(9,10)11)26(24(19-2)32-35(14,15)28(6,7)8)30-22-20-23-31-34(12,13)27(3,4)5;1-12(10-18-13(2)14(3)19(22)23-18)16-7-8-17-15(11-21)6-5-9-20(16,17)4;1-2;/h9-10,18-19,24-29,32-34H,3-4,6-8,11-17H2,1-2,5H3;1,19,24-26H,2,20-23H2,3-17H3;11-13,16-18H,3,5-10H2,1-2,4H3;1-2H3;1H/b22-9+,23-10-;;15-11+;;/t18-,19+,24-,25+,26-,27-,28-,29+,31-;24-,25-,26-;12-,13+,16-,17+,18-,20-;;/m111../s1. The minimum atomic E-state index is -2.10. The Bertz CT molecular complexity index is 2800. The second-order valence-electron chi connectivity index (χ2n) is 35.1. The van der Waals surface area contributed by atoms with Crippen molar-refractivity contribution in [2.45, 2.75) is 324 Å². The number of rotatable bonds is 25. The summed E-state index contributed by atoms with van der Waals surface area (Å²) in [4.78, 5) is 25.9. The van der Waals surface area contributed by atoms with Crippen molar-refractivity contribution in [3.05, 3.63) is 83.0 Å². The molecule has 0 unspecified atom stereocenters. The summed E-state index contributed by atoms with van der Waals surface area (Å²) in [6, 6.07) is 0. The highest BCUT2D eigenvalue weighted by Crippen LogP contribution is 2.62. The van der Waals surface area contributed by atoms with E-state index in [2.05, 4.69) is 208 Å². The van der Waals surface area contributed by atoms with Crippen molar-refractivity contribution in [3.8, 4) is 12.3 Å². The number of aliphatic hydroxyl groups is 3. The van der Waals surface area contributed by atoms with Crippen LogP contribution < -0.4 is 0 Å². The molecule has 0 bridgehead atoms. The van der Waals surface area contributed by atoms with E-state index < -0.39 is 43.3 Å². The Morgan fingerprint density at radius 2 is 1.16 bits per heavy atom. The molecule has 2 aliphatic heterocycles. The van der Waals surface area contributed by atoms with Crippen LogP contribution in [0.2, 0.25) is 54.4 Å². The molecule has 7 fully saturated rings.